The molecule has 11 atom stereocenters. The lowest BCUT2D eigenvalue weighted by Crippen LogP contribution is -2.32. The van der Waals surface area contributed by atoms with Crippen LogP contribution < -0.4 is 21.2 Å². The summed E-state index contributed by atoms with van der Waals surface area (Å²) in [4.78, 5) is 0. The van der Waals surface area contributed by atoms with Crippen LogP contribution in [0.1, 0.15) is 86.0 Å². The van der Waals surface area contributed by atoms with Crippen LogP contribution in [-0.4, -0.2) is 46.8 Å². The summed E-state index contributed by atoms with van der Waals surface area (Å²) >= 11 is 0. The average molecular weight is 597 g/mol. The third-order valence-corrected chi connectivity index (χ3v) is 24.6. The summed E-state index contributed by atoms with van der Waals surface area (Å²) in [7, 11) is 0.0436. The quantitative estimate of drug-likeness (QED) is 0.280. The minimum atomic E-state index is -0.0592. The normalized spacial score (nSPS) is 40.5. The summed E-state index contributed by atoms with van der Waals surface area (Å²) in [6.07, 6.45) is 16.1. The highest BCUT2D eigenvalue weighted by atomic mass is 31.1. The molecule has 0 bridgehead atoms. The predicted molar refractivity (Wildman–Crippen MR) is 185 cm³/mol. The molecular formula is C35H52P4. The predicted octanol–water partition coefficient (Wildman–Crippen LogP) is 9.17. The Labute approximate surface area is 245 Å². The van der Waals surface area contributed by atoms with Crippen molar-refractivity contribution in [3.63, 3.8) is 0 Å². The van der Waals surface area contributed by atoms with E-state index in [2.05, 4.69) is 83.1 Å². The molecule has 0 saturated carbocycles. The Kier molecular flexibility index (Phi) is 9.60. The molecule has 0 aromatic heterocycles. The van der Waals surface area contributed by atoms with E-state index < -0.39 is 0 Å². The molecule has 6 rings (SSSR count). The average Bonchev–Trinajstić information content (AvgIpc) is 3.74. The number of rotatable bonds is 7. The maximum absolute atomic E-state index is 2.71. The van der Waals surface area contributed by atoms with E-state index in [1.165, 1.54) is 69.9 Å². The molecule has 4 heteroatoms. The molecule has 4 fully saturated rings. The molecule has 2 aromatic carbocycles. The van der Waals surface area contributed by atoms with Crippen LogP contribution in [0.4, 0.5) is 0 Å². The third-order valence-electron chi connectivity index (χ3n) is 11.1. The van der Waals surface area contributed by atoms with Crippen molar-refractivity contribution < 1.29 is 0 Å². The topological polar surface area (TPSA) is 0 Å². The fourth-order valence-electron chi connectivity index (χ4n) is 9.09. The number of hydrogen-bond acceptors (Lipinski definition) is 0. The summed E-state index contributed by atoms with van der Waals surface area (Å²) in [6, 6.07) is 19.8. The summed E-state index contributed by atoms with van der Waals surface area (Å²) < 4.78 is 0. The molecule has 0 radical (unpaired) electrons. The first-order valence-corrected chi connectivity index (χ1v) is 22.6. The summed E-state index contributed by atoms with van der Waals surface area (Å²) in [5, 5.41) is 7.37. The van der Waals surface area contributed by atoms with Gasteiger partial charge in [-0.25, -0.2) is 0 Å². The van der Waals surface area contributed by atoms with Crippen molar-refractivity contribution in [1.29, 1.82) is 0 Å². The van der Waals surface area contributed by atoms with Crippen LogP contribution in [-0.2, 0) is 0 Å². The zero-order chi connectivity index (χ0) is 27.1. The van der Waals surface area contributed by atoms with Gasteiger partial charge >= 0.3 is 0 Å². The van der Waals surface area contributed by atoms with Crippen LogP contribution in [0.3, 0.4) is 0 Å². The van der Waals surface area contributed by atoms with Gasteiger partial charge in [0.2, 0.25) is 0 Å². The van der Waals surface area contributed by atoms with Crippen LogP contribution in [0.25, 0.3) is 0 Å². The first-order chi connectivity index (χ1) is 19.0. The van der Waals surface area contributed by atoms with E-state index in [0.717, 1.165) is 40.1 Å². The molecule has 0 amide bonds. The Balaban J connectivity index is 1.28. The molecule has 0 spiro atoms. The van der Waals surface area contributed by atoms with Crippen molar-refractivity contribution in [2.75, 3.05) is 18.5 Å². The smallest absolute Gasteiger partial charge is 0.0137 e. The highest BCUT2D eigenvalue weighted by Gasteiger charge is 2.50. The van der Waals surface area contributed by atoms with Gasteiger partial charge in [-0.1, -0.05) is 115 Å². The Bertz CT molecular complexity index is 1120. The Morgan fingerprint density at radius 1 is 0.615 bits per heavy atom. The highest BCUT2D eigenvalue weighted by Crippen LogP contribution is 2.66. The van der Waals surface area contributed by atoms with Crippen LogP contribution in [0.15, 0.2) is 48.5 Å². The molecule has 4 saturated heterocycles. The lowest BCUT2D eigenvalue weighted by atomic mass is 9.81. The van der Waals surface area contributed by atoms with Crippen LogP contribution in [0, 0.1) is 11.8 Å². The van der Waals surface area contributed by atoms with E-state index in [4.69, 9.17) is 0 Å². The van der Waals surface area contributed by atoms with Gasteiger partial charge < -0.3 is 0 Å². The minimum absolute atomic E-state index is 0.0169. The van der Waals surface area contributed by atoms with E-state index in [0.29, 0.717) is 0 Å². The van der Waals surface area contributed by atoms with Crippen molar-refractivity contribution in [1.82, 2.24) is 0 Å². The maximum Gasteiger partial charge on any atom is -0.0137 e. The summed E-state index contributed by atoms with van der Waals surface area (Å²) in [6.45, 7) is 12.9. The minimum Gasteiger partial charge on any atom is -0.0717 e. The molecule has 0 aliphatic carbocycles. The fraction of sp³-hybridized carbons (Fsp3) is 0.657. The molecule has 4 aliphatic heterocycles. The van der Waals surface area contributed by atoms with Gasteiger partial charge in [-0.3, -0.25) is 0 Å². The van der Waals surface area contributed by atoms with Gasteiger partial charge in [0.25, 0.3) is 0 Å². The molecule has 39 heavy (non-hydrogen) atoms. The molecule has 212 valence electrons. The Hall–Kier alpha value is 0.160. The SMILES string of the molecule is CC[C@@H]1CC(C2CCP(c3ccccc3P3CCC[C@H]3C)[C@@H]2C)[C@@H](CC)P1c1ccccc1P1CCC[C@H]1C. The van der Waals surface area contributed by atoms with E-state index in [1.807, 2.05) is 21.2 Å². The van der Waals surface area contributed by atoms with Gasteiger partial charge in [0.05, 0.1) is 0 Å². The maximum atomic E-state index is 2.71. The van der Waals surface area contributed by atoms with Gasteiger partial charge in [-0.2, -0.15) is 0 Å². The molecule has 4 heterocycles. The van der Waals surface area contributed by atoms with Crippen LogP contribution in [0.2, 0.25) is 0 Å². The van der Waals surface area contributed by atoms with Crippen LogP contribution >= 0.6 is 31.7 Å². The van der Waals surface area contributed by atoms with Gasteiger partial charge in [0.15, 0.2) is 0 Å². The first-order valence-electron chi connectivity index (χ1n) is 16.3. The molecule has 0 nitrogen and oxygen atoms in total. The number of hydrogen-bond donors (Lipinski definition) is 0. The zero-order valence-corrected chi connectivity index (χ0v) is 28.8. The van der Waals surface area contributed by atoms with Gasteiger partial charge in [-0.05, 0) is 131 Å². The lowest BCUT2D eigenvalue weighted by Gasteiger charge is -2.34. The molecule has 0 N–H and O–H groups in total. The van der Waals surface area contributed by atoms with Gasteiger partial charge in [-0.15, -0.1) is 0 Å². The molecule has 2 aromatic rings. The lowest BCUT2D eigenvalue weighted by molar-refractivity contribution is 0.312. The molecule has 4 aliphatic rings. The largest absolute Gasteiger partial charge is 0.0717 e. The fourth-order valence-corrected chi connectivity index (χ4v) is 23.3. The number of benzene rings is 2. The molecular weight excluding hydrogens is 544 g/mol. The highest BCUT2D eigenvalue weighted by molar-refractivity contribution is 7.74. The summed E-state index contributed by atoms with van der Waals surface area (Å²) in [5.41, 5.74) is 4.64. The zero-order valence-electron chi connectivity index (χ0n) is 25.2. The van der Waals surface area contributed by atoms with E-state index in [-0.39, 0.29) is 31.7 Å². The van der Waals surface area contributed by atoms with Crippen molar-refractivity contribution in [3.8, 4) is 0 Å². The Morgan fingerprint density at radius 3 is 1.67 bits per heavy atom. The standard InChI is InChI=1S/C35H52P4/c1-6-28-24-30(31(7-2)39(28)35-19-11-10-18-34(35)37-22-13-15-26(37)4)29-20-23-38(27(29)5)33-17-9-8-16-32(33)36-21-12-14-25(36)3/h8-11,16-19,25-31H,6-7,12-15,20-24H2,1-5H3/t25-,26-,27-,28-,29?,30?,31-,36?,37?,38?,39?/m1/s1. The van der Waals surface area contributed by atoms with E-state index in [1.54, 1.807) is 0 Å². The second kappa shape index (κ2) is 12.8. The second-order valence-corrected chi connectivity index (χ2v) is 24.0. The third kappa shape index (κ3) is 5.51. The van der Waals surface area contributed by atoms with Crippen molar-refractivity contribution in [2.45, 2.75) is 114 Å². The second-order valence-electron chi connectivity index (χ2n) is 13.1. The Morgan fingerprint density at radius 2 is 1.15 bits per heavy atom. The van der Waals surface area contributed by atoms with E-state index in [9.17, 15) is 0 Å². The van der Waals surface area contributed by atoms with Crippen molar-refractivity contribution in [2.24, 2.45) is 11.8 Å². The van der Waals surface area contributed by atoms with Crippen molar-refractivity contribution in [3.05, 3.63) is 48.5 Å². The monoisotopic (exact) mass is 596 g/mol. The van der Waals surface area contributed by atoms with Gasteiger partial charge in [0, 0.05) is 0 Å². The molecule has 6 unspecified atom stereocenters. The van der Waals surface area contributed by atoms with Gasteiger partial charge in [0.1, 0.15) is 0 Å². The summed E-state index contributed by atoms with van der Waals surface area (Å²) in [5.74, 6) is 1.91. The van der Waals surface area contributed by atoms with Crippen molar-refractivity contribution >= 4 is 52.9 Å². The first kappa shape index (κ1) is 29.2. The van der Waals surface area contributed by atoms with E-state index >= 15 is 0 Å². The van der Waals surface area contributed by atoms with Crippen LogP contribution in [0.5, 0.6) is 0 Å².